The second-order valence-corrected chi connectivity index (χ2v) is 4.69. The molecule has 0 spiro atoms. The Labute approximate surface area is 119 Å². The first kappa shape index (κ1) is 12.6. The number of aromatic hydroxyl groups is 1. The monoisotopic (exact) mass is 287 g/mol. The van der Waals surface area contributed by atoms with Crippen LogP contribution in [-0.4, -0.2) is 20.2 Å². The van der Waals surface area contributed by atoms with Gasteiger partial charge in [-0.25, -0.2) is 0 Å². The van der Waals surface area contributed by atoms with E-state index in [4.69, 9.17) is 16.1 Å². The van der Waals surface area contributed by atoms with E-state index < -0.39 is 0 Å². The lowest BCUT2D eigenvalue weighted by Gasteiger charge is -1.96. The van der Waals surface area contributed by atoms with Crippen LogP contribution in [0.3, 0.4) is 0 Å². The molecular weight excluding hydrogens is 278 g/mol. The number of rotatable bonds is 3. The molecule has 0 radical (unpaired) electrons. The van der Waals surface area contributed by atoms with Crippen molar-refractivity contribution in [3.05, 3.63) is 59.1 Å². The van der Waals surface area contributed by atoms with E-state index >= 15 is 0 Å². The Balaban J connectivity index is 1.82. The second kappa shape index (κ2) is 5.30. The van der Waals surface area contributed by atoms with Crippen LogP contribution in [0.1, 0.15) is 11.4 Å². The van der Waals surface area contributed by atoms with Crippen molar-refractivity contribution in [2.45, 2.75) is 6.42 Å². The smallest absolute Gasteiger partial charge is 0.259 e. The zero-order valence-electron chi connectivity index (χ0n) is 10.3. The molecule has 3 aromatic rings. The minimum absolute atomic E-state index is 0.0555. The van der Waals surface area contributed by atoms with E-state index in [9.17, 15) is 5.11 Å². The van der Waals surface area contributed by atoms with Gasteiger partial charge >= 0.3 is 0 Å². The van der Waals surface area contributed by atoms with Crippen LogP contribution < -0.4 is 0 Å². The molecule has 100 valence electrons. The minimum Gasteiger partial charge on any atom is -0.506 e. The van der Waals surface area contributed by atoms with Crippen LogP contribution in [0.2, 0.25) is 5.02 Å². The topological polar surface area (TPSA) is 72.0 Å². The van der Waals surface area contributed by atoms with Gasteiger partial charge < -0.3 is 9.63 Å². The highest BCUT2D eigenvalue weighted by atomic mass is 35.5. The van der Waals surface area contributed by atoms with Crippen molar-refractivity contribution in [3.63, 3.8) is 0 Å². The summed E-state index contributed by atoms with van der Waals surface area (Å²) < 4.78 is 5.16. The molecule has 0 unspecified atom stereocenters. The quantitative estimate of drug-likeness (QED) is 0.801. The first-order valence-electron chi connectivity index (χ1n) is 5.92. The number of halogens is 1. The summed E-state index contributed by atoms with van der Waals surface area (Å²) in [7, 11) is 0. The summed E-state index contributed by atoms with van der Waals surface area (Å²) in [5.41, 5.74) is 1.62. The normalized spacial score (nSPS) is 10.7. The maximum Gasteiger partial charge on any atom is 0.259 e. The van der Waals surface area contributed by atoms with Gasteiger partial charge in [0, 0.05) is 17.6 Å². The highest BCUT2D eigenvalue weighted by Gasteiger charge is 2.10. The zero-order valence-corrected chi connectivity index (χ0v) is 11.1. The van der Waals surface area contributed by atoms with E-state index in [1.54, 1.807) is 6.20 Å². The lowest BCUT2D eigenvalue weighted by Crippen LogP contribution is -1.90. The fourth-order valence-electron chi connectivity index (χ4n) is 1.77. The molecule has 0 atom stereocenters. The molecule has 2 aromatic heterocycles. The molecule has 6 heteroatoms. The van der Waals surface area contributed by atoms with Gasteiger partial charge in [-0.15, -0.1) is 0 Å². The summed E-state index contributed by atoms with van der Waals surface area (Å²) in [5, 5.41) is 14.0. The molecule has 0 saturated heterocycles. The van der Waals surface area contributed by atoms with E-state index in [1.807, 2.05) is 24.3 Å². The van der Waals surface area contributed by atoms with Gasteiger partial charge in [0.15, 0.2) is 5.82 Å². The number of nitrogens with zero attached hydrogens (tertiary/aromatic N) is 3. The summed E-state index contributed by atoms with van der Waals surface area (Å²) in [6, 6.07) is 8.98. The van der Waals surface area contributed by atoms with Gasteiger partial charge in [0.1, 0.15) is 5.75 Å². The zero-order chi connectivity index (χ0) is 13.9. The molecule has 20 heavy (non-hydrogen) atoms. The van der Waals surface area contributed by atoms with Crippen LogP contribution >= 0.6 is 11.6 Å². The fraction of sp³-hybridized carbons (Fsp3) is 0.0714. The molecule has 2 heterocycles. The summed E-state index contributed by atoms with van der Waals surface area (Å²) in [4.78, 5) is 8.15. The van der Waals surface area contributed by atoms with E-state index in [0.29, 0.717) is 28.7 Å². The average molecular weight is 288 g/mol. The Hall–Kier alpha value is -2.40. The first-order chi connectivity index (χ1) is 9.70. The van der Waals surface area contributed by atoms with Crippen molar-refractivity contribution in [1.29, 1.82) is 0 Å². The molecule has 1 N–H and O–H groups in total. The third-order valence-corrected chi connectivity index (χ3v) is 2.97. The van der Waals surface area contributed by atoms with Gasteiger partial charge in [-0.1, -0.05) is 28.9 Å². The Morgan fingerprint density at radius 1 is 1.15 bits per heavy atom. The van der Waals surface area contributed by atoms with E-state index in [2.05, 4.69) is 15.1 Å². The van der Waals surface area contributed by atoms with E-state index in [-0.39, 0.29) is 5.75 Å². The largest absolute Gasteiger partial charge is 0.506 e. The number of benzene rings is 1. The molecule has 3 rings (SSSR count). The summed E-state index contributed by atoms with van der Waals surface area (Å²) in [6.45, 7) is 0. The van der Waals surface area contributed by atoms with Crippen LogP contribution in [0, 0.1) is 0 Å². The molecule has 0 amide bonds. The Bertz CT molecular complexity index is 725. The Morgan fingerprint density at radius 3 is 2.70 bits per heavy atom. The molecule has 0 aliphatic rings. The highest BCUT2D eigenvalue weighted by Crippen LogP contribution is 2.21. The van der Waals surface area contributed by atoms with Crippen molar-refractivity contribution in [1.82, 2.24) is 15.1 Å². The van der Waals surface area contributed by atoms with Gasteiger partial charge in [-0.3, -0.25) is 4.98 Å². The Kier molecular flexibility index (Phi) is 3.35. The lowest BCUT2D eigenvalue weighted by molar-refractivity contribution is 0.423. The standard InChI is InChI=1S/C14H10ClN3O2/c15-11-3-1-9(2-4-11)5-13-17-14(20-18-13)10-6-12(19)8-16-7-10/h1-4,6-8,19H,5H2. The molecule has 5 nitrogen and oxygen atoms in total. The van der Waals surface area contributed by atoms with Crippen molar-refractivity contribution in [2.24, 2.45) is 0 Å². The number of hydrogen-bond donors (Lipinski definition) is 1. The Morgan fingerprint density at radius 2 is 1.95 bits per heavy atom. The maximum atomic E-state index is 9.38. The number of hydrogen-bond acceptors (Lipinski definition) is 5. The van der Waals surface area contributed by atoms with Gasteiger partial charge in [0.2, 0.25) is 0 Å². The summed E-state index contributed by atoms with van der Waals surface area (Å²) in [5.74, 6) is 0.947. The summed E-state index contributed by atoms with van der Waals surface area (Å²) >= 11 is 5.83. The number of pyridine rings is 1. The van der Waals surface area contributed by atoms with E-state index in [1.165, 1.54) is 12.3 Å². The molecule has 0 saturated carbocycles. The average Bonchev–Trinajstić information content (AvgIpc) is 2.90. The van der Waals surface area contributed by atoms with Crippen LogP contribution in [0.15, 0.2) is 47.2 Å². The van der Waals surface area contributed by atoms with Crippen LogP contribution in [-0.2, 0) is 6.42 Å². The second-order valence-electron chi connectivity index (χ2n) is 4.25. The lowest BCUT2D eigenvalue weighted by atomic mass is 10.1. The number of aromatic nitrogens is 3. The molecule has 0 aliphatic carbocycles. The van der Waals surface area contributed by atoms with Crippen LogP contribution in [0.5, 0.6) is 5.75 Å². The van der Waals surface area contributed by atoms with Crippen molar-refractivity contribution < 1.29 is 9.63 Å². The third kappa shape index (κ3) is 2.78. The van der Waals surface area contributed by atoms with Crippen molar-refractivity contribution >= 4 is 11.6 Å². The van der Waals surface area contributed by atoms with Crippen LogP contribution in [0.4, 0.5) is 0 Å². The predicted molar refractivity (Wildman–Crippen MR) is 73.5 cm³/mol. The third-order valence-electron chi connectivity index (χ3n) is 2.71. The maximum absolute atomic E-state index is 9.38. The molecule has 1 aromatic carbocycles. The molecular formula is C14H10ClN3O2. The van der Waals surface area contributed by atoms with Crippen molar-refractivity contribution in [3.8, 4) is 17.2 Å². The molecule has 0 fully saturated rings. The SMILES string of the molecule is Oc1cncc(-c2nc(Cc3ccc(Cl)cc3)no2)c1. The fourth-order valence-corrected chi connectivity index (χ4v) is 1.90. The van der Waals surface area contributed by atoms with E-state index in [0.717, 1.165) is 5.56 Å². The predicted octanol–water partition coefficient (Wildman–Crippen LogP) is 3.08. The highest BCUT2D eigenvalue weighted by molar-refractivity contribution is 6.30. The minimum atomic E-state index is 0.0555. The summed E-state index contributed by atoms with van der Waals surface area (Å²) in [6.07, 6.45) is 3.45. The van der Waals surface area contributed by atoms with Gasteiger partial charge in [-0.2, -0.15) is 4.98 Å². The van der Waals surface area contributed by atoms with Crippen LogP contribution in [0.25, 0.3) is 11.5 Å². The first-order valence-corrected chi connectivity index (χ1v) is 6.30. The van der Waals surface area contributed by atoms with Gasteiger partial charge in [0.05, 0.1) is 11.8 Å². The molecule has 0 aliphatic heterocycles. The molecule has 0 bridgehead atoms. The van der Waals surface area contributed by atoms with Crippen molar-refractivity contribution in [2.75, 3.05) is 0 Å². The van der Waals surface area contributed by atoms with Gasteiger partial charge in [0.25, 0.3) is 5.89 Å². The van der Waals surface area contributed by atoms with Gasteiger partial charge in [-0.05, 0) is 23.8 Å².